The van der Waals surface area contributed by atoms with Crippen molar-refractivity contribution in [3.8, 4) is 0 Å². The Morgan fingerprint density at radius 2 is 2.04 bits per heavy atom. The molecule has 1 unspecified atom stereocenters. The van der Waals surface area contributed by atoms with Gasteiger partial charge in [0.1, 0.15) is 0 Å². The minimum Gasteiger partial charge on any atom is -0.352 e. The molecule has 1 aliphatic heterocycles. The monoisotopic (exact) mass is 335 g/mol. The average molecular weight is 335 g/mol. The van der Waals surface area contributed by atoms with Crippen molar-refractivity contribution in [1.29, 1.82) is 0 Å². The summed E-state index contributed by atoms with van der Waals surface area (Å²) in [6.45, 7) is 0.771. The molecule has 2 amide bonds. The Morgan fingerprint density at radius 1 is 1.24 bits per heavy atom. The summed E-state index contributed by atoms with van der Waals surface area (Å²) >= 11 is 0. The lowest BCUT2D eigenvalue weighted by molar-refractivity contribution is -0.126. The number of anilines is 1. The first-order valence-corrected chi connectivity index (χ1v) is 8.12. The van der Waals surface area contributed by atoms with Crippen LogP contribution < -0.4 is 10.2 Å². The third-order valence-electron chi connectivity index (χ3n) is 4.42. The molecule has 3 heterocycles. The third kappa shape index (κ3) is 2.96. The van der Waals surface area contributed by atoms with E-state index in [4.69, 9.17) is 0 Å². The van der Waals surface area contributed by atoms with Gasteiger partial charge in [0.15, 0.2) is 5.82 Å². The van der Waals surface area contributed by atoms with E-state index < -0.39 is 0 Å². The quantitative estimate of drug-likeness (QED) is 0.758. The number of nitrogens with one attached hydrogen (secondary N) is 2. The summed E-state index contributed by atoms with van der Waals surface area (Å²) < 4.78 is 0. The average Bonchev–Trinajstić information content (AvgIpc) is 3.24. The van der Waals surface area contributed by atoms with E-state index in [0.717, 1.165) is 16.5 Å². The molecule has 1 saturated heterocycles. The van der Waals surface area contributed by atoms with Gasteiger partial charge in [-0.2, -0.15) is 5.10 Å². The Kier molecular flexibility index (Phi) is 3.89. The van der Waals surface area contributed by atoms with E-state index >= 15 is 0 Å². The van der Waals surface area contributed by atoms with E-state index in [9.17, 15) is 9.59 Å². The van der Waals surface area contributed by atoms with Crippen LogP contribution in [0.1, 0.15) is 12.0 Å². The maximum atomic E-state index is 12.4. The number of rotatable bonds is 4. The van der Waals surface area contributed by atoms with E-state index in [0.29, 0.717) is 18.9 Å². The SMILES string of the molecule is O=C(NCc1ccncc1)C1CC(=O)N(c2n[nH]c3ccccc23)C1. The Bertz CT molecular complexity index is 921. The number of para-hydroxylation sites is 1. The molecule has 25 heavy (non-hydrogen) atoms. The molecule has 1 fully saturated rings. The third-order valence-corrected chi connectivity index (χ3v) is 4.42. The smallest absolute Gasteiger partial charge is 0.229 e. The lowest BCUT2D eigenvalue weighted by atomic mass is 10.1. The van der Waals surface area contributed by atoms with Gasteiger partial charge in [-0.25, -0.2) is 0 Å². The summed E-state index contributed by atoms with van der Waals surface area (Å²) in [5.41, 5.74) is 1.85. The highest BCUT2D eigenvalue weighted by Crippen LogP contribution is 2.29. The number of nitrogens with zero attached hydrogens (tertiary/aromatic N) is 3. The predicted molar refractivity (Wildman–Crippen MR) is 92.6 cm³/mol. The lowest BCUT2D eigenvalue weighted by Crippen LogP contribution is -2.32. The zero-order valence-corrected chi connectivity index (χ0v) is 13.5. The fourth-order valence-corrected chi connectivity index (χ4v) is 3.08. The van der Waals surface area contributed by atoms with Gasteiger partial charge in [-0.15, -0.1) is 0 Å². The summed E-state index contributed by atoms with van der Waals surface area (Å²) in [6, 6.07) is 11.3. The molecular weight excluding hydrogens is 318 g/mol. The molecule has 3 aromatic rings. The maximum Gasteiger partial charge on any atom is 0.229 e. The first kappa shape index (κ1) is 15.3. The molecule has 2 aromatic heterocycles. The topological polar surface area (TPSA) is 91.0 Å². The van der Waals surface area contributed by atoms with Crippen LogP contribution in [0.4, 0.5) is 5.82 Å². The highest BCUT2D eigenvalue weighted by molar-refractivity contribution is 6.05. The van der Waals surface area contributed by atoms with Gasteiger partial charge in [0.05, 0.1) is 11.4 Å². The molecule has 7 nitrogen and oxygen atoms in total. The van der Waals surface area contributed by atoms with Crippen molar-refractivity contribution in [2.75, 3.05) is 11.4 Å². The number of amides is 2. The summed E-state index contributed by atoms with van der Waals surface area (Å²) in [5, 5.41) is 11.0. The number of hydrogen-bond donors (Lipinski definition) is 2. The summed E-state index contributed by atoms with van der Waals surface area (Å²) in [7, 11) is 0. The fourth-order valence-electron chi connectivity index (χ4n) is 3.08. The predicted octanol–water partition coefficient (Wildman–Crippen LogP) is 1.63. The van der Waals surface area contributed by atoms with Crippen LogP contribution in [0, 0.1) is 5.92 Å². The number of benzene rings is 1. The van der Waals surface area contributed by atoms with Crippen LogP contribution >= 0.6 is 0 Å². The Morgan fingerprint density at radius 3 is 2.88 bits per heavy atom. The van der Waals surface area contributed by atoms with Crippen LogP contribution in [0.25, 0.3) is 10.9 Å². The van der Waals surface area contributed by atoms with Crippen molar-refractivity contribution in [2.24, 2.45) is 5.92 Å². The van der Waals surface area contributed by atoms with Crippen molar-refractivity contribution in [1.82, 2.24) is 20.5 Å². The first-order valence-electron chi connectivity index (χ1n) is 8.12. The molecule has 0 aliphatic carbocycles. The van der Waals surface area contributed by atoms with Gasteiger partial charge in [-0.05, 0) is 29.8 Å². The minimum absolute atomic E-state index is 0.0821. The zero-order valence-electron chi connectivity index (χ0n) is 13.5. The standard InChI is InChI=1S/C18H17N5O2/c24-16-9-13(18(25)20-10-12-5-7-19-8-6-12)11-23(16)17-14-3-1-2-4-15(14)21-22-17/h1-8,13H,9-11H2,(H,20,25)(H,21,22). The molecule has 0 radical (unpaired) electrons. The molecule has 0 spiro atoms. The van der Waals surface area contributed by atoms with Crippen LogP contribution in [0.15, 0.2) is 48.8 Å². The molecule has 1 atom stereocenters. The second-order valence-electron chi connectivity index (χ2n) is 6.07. The molecular formula is C18H17N5O2. The van der Waals surface area contributed by atoms with Crippen molar-refractivity contribution in [3.05, 3.63) is 54.4 Å². The lowest BCUT2D eigenvalue weighted by Gasteiger charge is -2.14. The Labute approximate surface area is 144 Å². The van der Waals surface area contributed by atoms with Crippen molar-refractivity contribution < 1.29 is 9.59 Å². The van der Waals surface area contributed by atoms with Crippen molar-refractivity contribution in [3.63, 3.8) is 0 Å². The molecule has 1 aliphatic rings. The minimum atomic E-state index is -0.371. The molecule has 4 rings (SSSR count). The number of H-pyrrole nitrogens is 1. The van der Waals surface area contributed by atoms with Gasteiger partial charge in [0, 0.05) is 37.3 Å². The molecule has 7 heteroatoms. The molecule has 126 valence electrons. The van der Waals surface area contributed by atoms with Crippen LogP contribution in [0.2, 0.25) is 0 Å². The molecule has 0 saturated carbocycles. The van der Waals surface area contributed by atoms with Gasteiger partial charge in [-0.1, -0.05) is 12.1 Å². The van der Waals surface area contributed by atoms with Crippen LogP contribution in [0.5, 0.6) is 0 Å². The number of carbonyl (C=O) groups is 2. The highest BCUT2D eigenvalue weighted by atomic mass is 16.2. The van der Waals surface area contributed by atoms with Crippen LogP contribution in [-0.2, 0) is 16.1 Å². The van der Waals surface area contributed by atoms with Crippen LogP contribution in [-0.4, -0.2) is 33.5 Å². The van der Waals surface area contributed by atoms with Gasteiger partial charge in [-0.3, -0.25) is 24.6 Å². The number of aromatic amines is 1. The number of hydrogen-bond acceptors (Lipinski definition) is 4. The fraction of sp³-hybridized carbons (Fsp3) is 0.222. The second kappa shape index (κ2) is 6.35. The normalized spacial score (nSPS) is 17.2. The Hall–Kier alpha value is -3.22. The summed E-state index contributed by atoms with van der Waals surface area (Å²) in [4.78, 5) is 30.3. The van der Waals surface area contributed by atoms with E-state index in [-0.39, 0.29) is 24.2 Å². The summed E-state index contributed by atoms with van der Waals surface area (Å²) in [6.07, 6.45) is 3.57. The van der Waals surface area contributed by atoms with Gasteiger partial charge in [0.25, 0.3) is 0 Å². The van der Waals surface area contributed by atoms with E-state index in [2.05, 4.69) is 20.5 Å². The van der Waals surface area contributed by atoms with Crippen molar-refractivity contribution >= 4 is 28.5 Å². The number of pyridine rings is 1. The molecule has 2 N–H and O–H groups in total. The first-order chi connectivity index (χ1) is 12.2. The van der Waals surface area contributed by atoms with E-state index in [1.807, 2.05) is 36.4 Å². The van der Waals surface area contributed by atoms with Gasteiger partial charge >= 0.3 is 0 Å². The number of aromatic nitrogens is 3. The molecule has 1 aromatic carbocycles. The molecule has 0 bridgehead atoms. The van der Waals surface area contributed by atoms with E-state index in [1.54, 1.807) is 17.3 Å². The van der Waals surface area contributed by atoms with Crippen LogP contribution in [0.3, 0.4) is 0 Å². The van der Waals surface area contributed by atoms with Crippen molar-refractivity contribution in [2.45, 2.75) is 13.0 Å². The second-order valence-corrected chi connectivity index (χ2v) is 6.07. The number of carbonyl (C=O) groups excluding carboxylic acids is 2. The number of fused-ring (bicyclic) bond motifs is 1. The largest absolute Gasteiger partial charge is 0.352 e. The van der Waals surface area contributed by atoms with Gasteiger partial charge in [0.2, 0.25) is 11.8 Å². The zero-order chi connectivity index (χ0) is 17.2. The maximum absolute atomic E-state index is 12.4. The highest BCUT2D eigenvalue weighted by Gasteiger charge is 2.36. The van der Waals surface area contributed by atoms with E-state index in [1.165, 1.54) is 0 Å². The Balaban J connectivity index is 1.46. The summed E-state index contributed by atoms with van der Waals surface area (Å²) in [5.74, 6) is 0.0173. The van der Waals surface area contributed by atoms with Gasteiger partial charge < -0.3 is 5.32 Å².